The molecule has 0 spiro atoms. The molecule has 0 unspecified atom stereocenters. The Morgan fingerprint density at radius 2 is 1.07 bits per heavy atom. The zero-order valence-electron chi connectivity index (χ0n) is 16.6. The van der Waals surface area contributed by atoms with Gasteiger partial charge in [0.15, 0.2) is 0 Å². The number of hydrogen-bond donors (Lipinski definition) is 2. The lowest BCUT2D eigenvalue weighted by Crippen LogP contribution is -2.53. The molecule has 0 aliphatic carbocycles. The SMILES string of the molecule is CC(C)[C@H](NC(=O)C(c1ccccc1)(c1ccccc1)c1ccccc1)C(=O)O. The zero-order chi connectivity index (χ0) is 20.9. The van der Waals surface area contributed by atoms with Gasteiger partial charge in [-0.2, -0.15) is 0 Å². The molecule has 4 nitrogen and oxygen atoms in total. The van der Waals surface area contributed by atoms with Crippen LogP contribution < -0.4 is 5.32 Å². The first-order chi connectivity index (χ1) is 14.0. The van der Waals surface area contributed by atoms with Crippen LogP contribution in [0.5, 0.6) is 0 Å². The Labute approximate surface area is 171 Å². The Hall–Kier alpha value is -3.40. The molecule has 0 fully saturated rings. The maximum Gasteiger partial charge on any atom is 0.326 e. The number of carbonyl (C=O) groups excluding carboxylic acids is 1. The van der Waals surface area contributed by atoms with Crippen molar-refractivity contribution in [2.45, 2.75) is 25.3 Å². The van der Waals surface area contributed by atoms with Gasteiger partial charge in [0.2, 0.25) is 5.91 Å². The van der Waals surface area contributed by atoms with Gasteiger partial charge in [-0.1, -0.05) is 105 Å². The molecule has 2 N–H and O–H groups in total. The quantitative estimate of drug-likeness (QED) is 0.596. The number of hydrogen-bond acceptors (Lipinski definition) is 2. The number of amides is 1. The van der Waals surface area contributed by atoms with Crippen LogP contribution in [0.2, 0.25) is 0 Å². The van der Waals surface area contributed by atoms with Crippen LogP contribution in [-0.2, 0) is 15.0 Å². The van der Waals surface area contributed by atoms with Crippen molar-refractivity contribution in [1.29, 1.82) is 0 Å². The Balaban J connectivity index is 2.28. The minimum atomic E-state index is -1.17. The second-order valence-electron chi connectivity index (χ2n) is 7.38. The Morgan fingerprint density at radius 1 is 0.724 bits per heavy atom. The van der Waals surface area contributed by atoms with Crippen LogP contribution in [0.1, 0.15) is 30.5 Å². The van der Waals surface area contributed by atoms with Crippen molar-refractivity contribution in [3.63, 3.8) is 0 Å². The number of carboxylic acids is 1. The highest BCUT2D eigenvalue weighted by molar-refractivity contribution is 5.98. The van der Waals surface area contributed by atoms with Crippen molar-refractivity contribution < 1.29 is 14.7 Å². The fourth-order valence-corrected chi connectivity index (χ4v) is 3.72. The van der Waals surface area contributed by atoms with Gasteiger partial charge < -0.3 is 10.4 Å². The molecule has 4 heteroatoms. The maximum absolute atomic E-state index is 13.9. The van der Waals surface area contributed by atoms with E-state index in [4.69, 9.17) is 0 Å². The predicted octanol–water partition coefficient (Wildman–Crippen LogP) is 4.25. The van der Waals surface area contributed by atoms with E-state index in [1.54, 1.807) is 13.8 Å². The van der Waals surface area contributed by atoms with Crippen LogP contribution in [0.25, 0.3) is 0 Å². The Morgan fingerprint density at radius 3 is 1.34 bits per heavy atom. The zero-order valence-corrected chi connectivity index (χ0v) is 16.6. The minimum Gasteiger partial charge on any atom is -0.480 e. The van der Waals surface area contributed by atoms with E-state index in [1.807, 2.05) is 91.0 Å². The summed E-state index contributed by atoms with van der Waals surface area (Å²) in [5.41, 5.74) is 1.17. The van der Waals surface area contributed by atoms with E-state index in [-0.39, 0.29) is 11.8 Å². The summed E-state index contributed by atoms with van der Waals surface area (Å²) < 4.78 is 0. The molecular weight excluding hydrogens is 362 g/mol. The summed E-state index contributed by atoms with van der Waals surface area (Å²) >= 11 is 0. The monoisotopic (exact) mass is 387 g/mol. The number of rotatable bonds is 7. The van der Waals surface area contributed by atoms with Crippen molar-refractivity contribution >= 4 is 11.9 Å². The summed E-state index contributed by atoms with van der Waals surface area (Å²) in [5.74, 6) is -1.66. The van der Waals surface area contributed by atoms with Crippen molar-refractivity contribution in [1.82, 2.24) is 5.32 Å². The largest absolute Gasteiger partial charge is 0.480 e. The molecule has 0 aliphatic rings. The third-order valence-electron chi connectivity index (χ3n) is 5.18. The fraction of sp³-hybridized carbons (Fsp3) is 0.200. The number of benzene rings is 3. The molecule has 1 amide bonds. The molecule has 0 aliphatic heterocycles. The highest BCUT2D eigenvalue weighted by Gasteiger charge is 2.45. The van der Waals surface area contributed by atoms with Gasteiger partial charge in [0.1, 0.15) is 11.5 Å². The molecular formula is C25H25NO3. The molecule has 1 atom stereocenters. The summed E-state index contributed by atoms with van der Waals surface area (Å²) in [6, 6.07) is 27.5. The predicted molar refractivity (Wildman–Crippen MR) is 114 cm³/mol. The molecule has 0 saturated heterocycles. The van der Waals surface area contributed by atoms with Crippen LogP contribution in [0.4, 0.5) is 0 Å². The summed E-state index contributed by atoms with van der Waals surface area (Å²) in [6.45, 7) is 3.57. The van der Waals surface area contributed by atoms with Crippen LogP contribution in [0.15, 0.2) is 91.0 Å². The van der Waals surface area contributed by atoms with Crippen molar-refractivity contribution in [3.8, 4) is 0 Å². The van der Waals surface area contributed by atoms with Crippen LogP contribution in [-0.4, -0.2) is 23.0 Å². The van der Waals surface area contributed by atoms with Crippen LogP contribution in [0.3, 0.4) is 0 Å². The van der Waals surface area contributed by atoms with Crippen LogP contribution in [0, 0.1) is 5.92 Å². The molecule has 0 aromatic heterocycles. The number of nitrogens with one attached hydrogen (secondary N) is 1. The van der Waals surface area contributed by atoms with Gasteiger partial charge in [0.05, 0.1) is 0 Å². The van der Waals surface area contributed by atoms with Gasteiger partial charge in [-0.25, -0.2) is 4.79 Å². The van der Waals surface area contributed by atoms with Crippen molar-refractivity contribution in [3.05, 3.63) is 108 Å². The smallest absolute Gasteiger partial charge is 0.326 e. The molecule has 0 heterocycles. The van der Waals surface area contributed by atoms with E-state index in [0.717, 1.165) is 16.7 Å². The third kappa shape index (κ3) is 3.92. The first-order valence-electron chi connectivity index (χ1n) is 9.68. The second kappa shape index (κ2) is 8.74. The highest BCUT2D eigenvalue weighted by atomic mass is 16.4. The van der Waals surface area contributed by atoms with Gasteiger partial charge in [0.25, 0.3) is 0 Å². The average Bonchev–Trinajstić information content (AvgIpc) is 2.74. The van der Waals surface area contributed by atoms with Gasteiger partial charge >= 0.3 is 5.97 Å². The first kappa shape index (κ1) is 20.3. The molecule has 0 radical (unpaired) electrons. The first-order valence-corrected chi connectivity index (χ1v) is 9.68. The number of aliphatic carboxylic acids is 1. The van der Waals surface area contributed by atoms with Gasteiger partial charge in [-0.15, -0.1) is 0 Å². The second-order valence-corrected chi connectivity index (χ2v) is 7.38. The van der Waals surface area contributed by atoms with E-state index in [0.29, 0.717) is 0 Å². The minimum absolute atomic E-state index is 0.253. The standard InChI is InChI=1S/C25H25NO3/c1-18(2)22(23(27)28)26-24(29)25(19-12-6-3-7-13-19,20-14-8-4-9-15-20)21-16-10-5-11-17-21/h3-18,22H,1-2H3,(H,26,29)(H,27,28)/t22-/m0/s1. The lowest BCUT2D eigenvalue weighted by atomic mass is 9.68. The summed E-state index contributed by atoms with van der Waals surface area (Å²) in [6.07, 6.45) is 0. The Bertz CT molecular complexity index is 856. The lowest BCUT2D eigenvalue weighted by molar-refractivity contribution is -0.143. The molecule has 3 aromatic carbocycles. The van der Waals surface area contributed by atoms with Crippen molar-refractivity contribution in [2.75, 3.05) is 0 Å². The fourth-order valence-electron chi connectivity index (χ4n) is 3.72. The van der Waals surface area contributed by atoms with Gasteiger partial charge in [-0.3, -0.25) is 4.79 Å². The summed E-state index contributed by atoms with van der Waals surface area (Å²) in [7, 11) is 0. The molecule has 3 rings (SSSR count). The topological polar surface area (TPSA) is 66.4 Å². The lowest BCUT2D eigenvalue weighted by Gasteiger charge is -2.36. The van der Waals surface area contributed by atoms with E-state index < -0.39 is 17.4 Å². The highest BCUT2D eigenvalue weighted by Crippen LogP contribution is 2.39. The molecule has 0 bridgehead atoms. The Kier molecular flexibility index (Phi) is 6.13. The van der Waals surface area contributed by atoms with E-state index >= 15 is 0 Å². The van der Waals surface area contributed by atoms with Crippen LogP contribution >= 0.6 is 0 Å². The molecule has 148 valence electrons. The average molecular weight is 387 g/mol. The molecule has 0 saturated carbocycles. The molecule has 3 aromatic rings. The normalized spacial score (nSPS) is 12.4. The number of carboxylic acid groups (broad SMARTS) is 1. The maximum atomic E-state index is 13.9. The van der Waals surface area contributed by atoms with Gasteiger partial charge in [0, 0.05) is 0 Å². The van der Waals surface area contributed by atoms with E-state index in [1.165, 1.54) is 0 Å². The van der Waals surface area contributed by atoms with Crippen molar-refractivity contribution in [2.24, 2.45) is 5.92 Å². The number of carbonyl (C=O) groups is 2. The molecule has 29 heavy (non-hydrogen) atoms. The van der Waals surface area contributed by atoms with E-state index in [2.05, 4.69) is 5.32 Å². The third-order valence-corrected chi connectivity index (χ3v) is 5.18. The van der Waals surface area contributed by atoms with Gasteiger partial charge in [-0.05, 0) is 22.6 Å². The summed E-state index contributed by atoms with van der Waals surface area (Å²) in [4.78, 5) is 25.7. The van der Waals surface area contributed by atoms with E-state index in [9.17, 15) is 14.7 Å². The summed E-state index contributed by atoms with van der Waals surface area (Å²) in [5, 5.41) is 12.5.